The summed E-state index contributed by atoms with van der Waals surface area (Å²) in [4.78, 5) is 0. The van der Waals surface area contributed by atoms with E-state index in [2.05, 4.69) is 194 Å². The Bertz CT molecular complexity index is 2580. The first-order chi connectivity index (χ1) is 24.9. The van der Waals surface area contributed by atoms with Gasteiger partial charge in [-0.3, -0.25) is 0 Å². The number of hydrogen-bond donors (Lipinski definition) is 0. The highest BCUT2D eigenvalue weighted by Gasteiger charge is 2.21. The first-order valence-corrected chi connectivity index (χ1v) is 17.4. The summed E-state index contributed by atoms with van der Waals surface area (Å²) in [6, 6.07) is 71.2. The molecule has 0 aliphatic rings. The second-order valence-electron chi connectivity index (χ2n) is 13.1. The van der Waals surface area contributed by atoms with Crippen LogP contribution in [-0.2, 0) is 0 Å². The van der Waals surface area contributed by atoms with E-state index in [4.69, 9.17) is 0 Å². The molecule has 50 heavy (non-hydrogen) atoms. The van der Waals surface area contributed by atoms with Gasteiger partial charge in [-0.15, -0.1) is 0 Å². The molecule has 0 bridgehead atoms. The van der Waals surface area contributed by atoms with Gasteiger partial charge in [0.05, 0.1) is 0 Å². The number of benzene rings is 10. The SMILES string of the molecule is c1ccc(-c2c3ccccc3c(-c3cccc4c(-c5c6ccccc6c(-c6ccccc6)c6ccccc56)cccc34)c3ccccc23)cc1. The van der Waals surface area contributed by atoms with Gasteiger partial charge in [0.1, 0.15) is 0 Å². The third kappa shape index (κ3) is 4.32. The summed E-state index contributed by atoms with van der Waals surface area (Å²) >= 11 is 0. The highest BCUT2D eigenvalue weighted by Crippen LogP contribution is 2.48. The number of rotatable bonds is 4. The fraction of sp³-hybridized carbons (Fsp3) is 0. The van der Waals surface area contributed by atoms with Crippen molar-refractivity contribution < 1.29 is 0 Å². The normalized spacial score (nSPS) is 11.6. The van der Waals surface area contributed by atoms with E-state index in [9.17, 15) is 0 Å². The maximum atomic E-state index is 2.32. The summed E-state index contributed by atoms with van der Waals surface area (Å²) < 4.78 is 0. The van der Waals surface area contributed by atoms with Gasteiger partial charge in [-0.25, -0.2) is 0 Å². The molecule has 0 aromatic heterocycles. The zero-order chi connectivity index (χ0) is 33.0. The monoisotopic (exact) mass is 632 g/mol. The summed E-state index contributed by atoms with van der Waals surface area (Å²) in [5.41, 5.74) is 10.1. The van der Waals surface area contributed by atoms with Crippen LogP contribution in [0.1, 0.15) is 0 Å². The van der Waals surface area contributed by atoms with Gasteiger partial charge in [0.15, 0.2) is 0 Å². The van der Waals surface area contributed by atoms with Gasteiger partial charge >= 0.3 is 0 Å². The van der Waals surface area contributed by atoms with Gasteiger partial charge < -0.3 is 0 Å². The molecule has 0 saturated heterocycles. The quantitative estimate of drug-likeness (QED) is 0.169. The van der Waals surface area contributed by atoms with Crippen LogP contribution in [0.3, 0.4) is 0 Å². The van der Waals surface area contributed by atoms with Gasteiger partial charge in [0, 0.05) is 0 Å². The van der Waals surface area contributed by atoms with Gasteiger partial charge in [0.2, 0.25) is 0 Å². The lowest BCUT2D eigenvalue weighted by molar-refractivity contribution is 1.65. The highest BCUT2D eigenvalue weighted by molar-refractivity contribution is 6.26. The molecular weight excluding hydrogens is 601 g/mol. The molecule has 0 nitrogen and oxygen atoms in total. The Balaban J connectivity index is 1.31. The number of fused-ring (bicyclic) bond motifs is 5. The minimum Gasteiger partial charge on any atom is -0.0622 e. The lowest BCUT2D eigenvalue weighted by atomic mass is 9.82. The Morgan fingerprint density at radius 2 is 0.400 bits per heavy atom. The molecule has 0 fully saturated rings. The van der Waals surface area contributed by atoms with Crippen molar-refractivity contribution in [2.24, 2.45) is 0 Å². The predicted octanol–water partition coefficient (Wildman–Crippen LogP) is 14.1. The van der Waals surface area contributed by atoms with Crippen molar-refractivity contribution in [2.45, 2.75) is 0 Å². The molecule has 0 heterocycles. The smallest absolute Gasteiger partial charge is 0.00201 e. The minimum atomic E-state index is 1.24. The molecule has 0 aliphatic heterocycles. The van der Waals surface area contributed by atoms with Crippen LogP contribution in [0.25, 0.3) is 98.4 Å². The van der Waals surface area contributed by atoms with Crippen LogP contribution in [0.5, 0.6) is 0 Å². The van der Waals surface area contributed by atoms with E-state index in [1.807, 2.05) is 0 Å². The second-order valence-corrected chi connectivity index (χ2v) is 13.1. The van der Waals surface area contributed by atoms with Crippen molar-refractivity contribution in [3.05, 3.63) is 194 Å². The molecule has 0 saturated carbocycles. The molecule has 0 N–H and O–H groups in total. The first-order valence-electron chi connectivity index (χ1n) is 17.4. The van der Waals surface area contributed by atoms with E-state index in [0.717, 1.165) is 0 Å². The fourth-order valence-electron chi connectivity index (χ4n) is 8.41. The van der Waals surface area contributed by atoms with Crippen LogP contribution in [0, 0.1) is 0 Å². The number of hydrogen-bond acceptors (Lipinski definition) is 0. The summed E-state index contributed by atoms with van der Waals surface area (Å²) in [6.45, 7) is 0. The van der Waals surface area contributed by atoms with E-state index in [1.54, 1.807) is 0 Å². The average Bonchev–Trinajstić information content (AvgIpc) is 3.19. The lowest BCUT2D eigenvalue weighted by Gasteiger charge is -2.21. The van der Waals surface area contributed by atoms with Crippen LogP contribution < -0.4 is 0 Å². The molecule has 0 unspecified atom stereocenters. The van der Waals surface area contributed by atoms with Gasteiger partial charge in [0.25, 0.3) is 0 Å². The molecule has 0 spiro atoms. The van der Waals surface area contributed by atoms with Crippen molar-refractivity contribution in [3.63, 3.8) is 0 Å². The summed E-state index contributed by atoms with van der Waals surface area (Å²) in [7, 11) is 0. The molecule has 0 amide bonds. The maximum Gasteiger partial charge on any atom is -0.00201 e. The average molecular weight is 633 g/mol. The summed E-state index contributed by atoms with van der Waals surface area (Å²) in [6.07, 6.45) is 0. The minimum absolute atomic E-state index is 1.24. The molecule has 0 radical (unpaired) electrons. The largest absolute Gasteiger partial charge is 0.0622 e. The Hall–Kier alpha value is -6.50. The lowest BCUT2D eigenvalue weighted by Crippen LogP contribution is -1.93. The zero-order valence-corrected chi connectivity index (χ0v) is 27.5. The van der Waals surface area contributed by atoms with Crippen molar-refractivity contribution in [1.82, 2.24) is 0 Å². The molecule has 10 rings (SSSR count). The Kier molecular flexibility index (Phi) is 6.60. The first kappa shape index (κ1) is 28.5. The molecule has 0 atom stereocenters. The predicted molar refractivity (Wildman–Crippen MR) is 216 cm³/mol. The molecule has 232 valence electrons. The van der Waals surface area contributed by atoms with Crippen molar-refractivity contribution in [1.29, 1.82) is 0 Å². The summed E-state index contributed by atoms with van der Waals surface area (Å²) in [5.74, 6) is 0. The van der Waals surface area contributed by atoms with E-state index in [1.165, 1.54) is 98.4 Å². The third-order valence-electron chi connectivity index (χ3n) is 10.4. The van der Waals surface area contributed by atoms with E-state index >= 15 is 0 Å². The molecule has 10 aromatic rings. The fourth-order valence-corrected chi connectivity index (χ4v) is 8.41. The van der Waals surface area contributed by atoms with Crippen molar-refractivity contribution >= 4 is 53.9 Å². The van der Waals surface area contributed by atoms with Crippen LogP contribution in [0.2, 0.25) is 0 Å². The second kappa shape index (κ2) is 11.6. The standard InChI is InChI=1S/C50H32/c1-3-17-33(18-4-1)47-39-21-7-11-25-43(39)49(44-26-12-8-22-40(44)47)37-31-15-30-36-35(37)29-16-32-38(36)50-45-27-13-9-23-41(45)48(34-19-5-2-6-20-34)42-24-10-14-28-46(42)50/h1-32H. The maximum absolute atomic E-state index is 2.32. The highest BCUT2D eigenvalue weighted by atomic mass is 14.2. The Morgan fingerprint density at radius 1 is 0.160 bits per heavy atom. The molecule has 10 aromatic carbocycles. The van der Waals surface area contributed by atoms with Crippen molar-refractivity contribution in [3.8, 4) is 44.5 Å². The van der Waals surface area contributed by atoms with Crippen LogP contribution >= 0.6 is 0 Å². The summed E-state index contributed by atoms with van der Waals surface area (Å²) in [5, 5.41) is 12.7. The van der Waals surface area contributed by atoms with Crippen LogP contribution in [0.4, 0.5) is 0 Å². The van der Waals surface area contributed by atoms with E-state index in [0.29, 0.717) is 0 Å². The molecular formula is C50H32. The third-order valence-corrected chi connectivity index (χ3v) is 10.4. The van der Waals surface area contributed by atoms with Gasteiger partial charge in [-0.2, -0.15) is 0 Å². The van der Waals surface area contributed by atoms with Gasteiger partial charge in [-0.05, 0) is 98.4 Å². The topological polar surface area (TPSA) is 0 Å². The van der Waals surface area contributed by atoms with Crippen LogP contribution in [-0.4, -0.2) is 0 Å². The molecule has 0 aliphatic carbocycles. The Morgan fingerprint density at radius 3 is 0.700 bits per heavy atom. The Labute approximate surface area is 291 Å². The van der Waals surface area contributed by atoms with Crippen molar-refractivity contribution in [2.75, 3.05) is 0 Å². The van der Waals surface area contributed by atoms with Gasteiger partial charge in [-0.1, -0.05) is 194 Å². The molecule has 0 heteroatoms. The van der Waals surface area contributed by atoms with E-state index < -0.39 is 0 Å². The van der Waals surface area contributed by atoms with E-state index in [-0.39, 0.29) is 0 Å². The zero-order valence-electron chi connectivity index (χ0n) is 27.5. The van der Waals surface area contributed by atoms with Crippen LogP contribution in [0.15, 0.2) is 194 Å².